The third-order valence-electron chi connectivity index (χ3n) is 2.54. The summed E-state index contributed by atoms with van der Waals surface area (Å²) in [5, 5.41) is 8.94. The van der Waals surface area contributed by atoms with Crippen molar-refractivity contribution in [1.82, 2.24) is 4.90 Å². The van der Waals surface area contributed by atoms with E-state index in [0.717, 1.165) is 0 Å². The molecule has 0 fully saturated rings. The minimum absolute atomic E-state index is 0.0309. The zero-order valence-electron chi connectivity index (χ0n) is 10.4. The highest BCUT2D eigenvalue weighted by Gasteiger charge is 2.17. The number of halogens is 1. The molecule has 0 aliphatic carbocycles. The second-order valence-corrected chi connectivity index (χ2v) is 3.84. The number of carbonyl (C=O) groups is 1. The smallest absolute Gasteiger partial charge is 0.256 e. The Morgan fingerprint density at radius 1 is 1.39 bits per heavy atom. The largest absolute Gasteiger partial charge is 0.395 e. The van der Waals surface area contributed by atoms with Crippen molar-refractivity contribution in [3.05, 3.63) is 35.6 Å². The average molecular weight is 255 g/mol. The van der Waals surface area contributed by atoms with Gasteiger partial charge >= 0.3 is 0 Å². The van der Waals surface area contributed by atoms with Crippen molar-refractivity contribution in [3.63, 3.8) is 0 Å². The highest BCUT2D eigenvalue weighted by Crippen LogP contribution is 2.10. The number of hydrogen-bond donors (Lipinski definition) is 1. The van der Waals surface area contributed by atoms with Crippen LogP contribution in [0.15, 0.2) is 24.3 Å². The lowest BCUT2D eigenvalue weighted by Crippen LogP contribution is -2.35. The number of benzene rings is 1. The van der Waals surface area contributed by atoms with Crippen LogP contribution in [-0.2, 0) is 4.74 Å². The first-order chi connectivity index (χ1) is 8.70. The molecule has 1 amide bonds. The summed E-state index contributed by atoms with van der Waals surface area (Å²) in [4.78, 5) is 13.5. The Bertz CT molecular complexity index is 384. The molecule has 1 aromatic rings. The number of nitrogens with zero attached hydrogens (tertiary/aromatic N) is 1. The standard InChI is InChI=1S/C13H18FNO3/c1-18-10-4-7-15(8-9-16)13(17)11-5-2-3-6-12(11)14/h2-3,5-6,16H,4,7-10H2,1H3. The van der Waals surface area contributed by atoms with E-state index in [1.807, 2.05) is 0 Å². The van der Waals surface area contributed by atoms with E-state index in [1.165, 1.54) is 23.1 Å². The normalized spacial score (nSPS) is 10.4. The molecular weight excluding hydrogens is 237 g/mol. The summed E-state index contributed by atoms with van der Waals surface area (Å²) >= 11 is 0. The number of hydrogen-bond acceptors (Lipinski definition) is 3. The summed E-state index contributed by atoms with van der Waals surface area (Å²) in [6.07, 6.45) is 0.649. The highest BCUT2D eigenvalue weighted by molar-refractivity contribution is 5.94. The molecule has 4 nitrogen and oxygen atoms in total. The van der Waals surface area contributed by atoms with E-state index in [0.29, 0.717) is 19.6 Å². The molecule has 0 aliphatic rings. The molecule has 0 saturated heterocycles. The van der Waals surface area contributed by atoms with Gasteiger partial charge in [-0.2, -0.15) is 0 Å². The molecule has 1 aromatic carbocycles. The molecule has 18 heavy (non-hydrogen) atoms. The fourth-order valence-corrected chi connectivity index (χ4v) is 1.64. The molecule has 5 heteroatoms. The van der Waals surface area contributed by atoms with Crippen LogP contribution < -0.4 is 0 Å². The Hall–Kier alpha value is -1.46. The average Bonchev–Trinajstić information content (AvgIpc) is 2.38. The fraction of sp³-hybridized carbons (Fsp3) is 0.462. The lowest BCUT2D eigenvalue weighted by atomic mass is 10.2. The number of ether oxygens (including phenoxy) is 1. The summed E-state index contributed by atoms with van der Waals surface area (Å²) in [5.41, 5.74) is 0.0309. The molecule has 100 valence electrons. The number of aliphatic hydroxyl groups is 1. The third-order valence-corrected chi connectivity index (χ3v) is 2.54. The zero-order valence-corrected chi connectivity index (χ0v) is 10.4. The molecule has 0 unspecified atom stereocenters. The number of carbonyl (C=O) groups excluding carboxylic acids is 1. The van der Waals surface area contributed by atoms with Crippen molar-refractivity contribution < 1.29 is 19.0 Å². The minimum atomic E-state index is -0.544. The Morgan fingerprint density at radius 2 is 2.11 bits per heavy atom. The SMILES string of the molecule is COCCCN(CCO)C(=O)c1ccccc1F. The van der Waals surface area contributed by atoms with Crippen LogP contribution in [0.4, 0.5) is 4.39 Å². The number of methoxy groups -OCH3 is 1. The van der Waals surface area contributed by atoms with Crippen molar-refractivity contribution in [2.75, 3.05) is 33.4 Å². The van der Waals surface area contributed by atoms with Crippen molar-refractivity contribution in [2.45, 2.75) is 6.42 Å². The first-order valence-electron chi connectivity index (χ1n) is 5.84. The van der Waals surface area contributed by atoms with Crippen molar-refractivity contribution >= 4 is 5.91 Å². The maximum Gasteiger partial charge on any atom is 0.256 e. The molecule has 0 heterocycles. The highest BCUT2D eigenvalue weighted by atomic mass is 19.1. The number of rotatable bonds is 7. The summed E-state index contributed by atoms with van der Waals surface area (Å²) in [5.74, 6) is -0.949. The second-order valence-electron chi connectivity index (χ2n) is 3.84. The van der Waals surface area contributed by atoms with Gasteiger partial charge in [0.15, 0.2) is 0 Å². The minimum Gasteiger partial charge on any atom is -0.395 e. The van der Waals surface area contributed by atoms with Crippen LogP contribution in [0.2, 0.25) is 0 Å². The third kappa shape index (κ3) is 4.09. The summed E-state index contributed by atoms with van der Waals surface area (Å²) in [7, 11) is 1.58. The maximum absolute atomic E-state index is 13.5. The van der Waals surface area contributed by atoms with Gasteiger partial charge in [-0.25, -0.2) is 4.39 Å². The van der Waals surface area contributed by atoms with E-state index in [-0.39, 0.29) is 18.7 Å². The molecule has 0 atom stereocenters. The lowest BCUT2D eigenvalue weighted by Gasteiger charge is -2.21. The quantitative estimate of drug-likeness (QED) is 0.747. The monoisotopic (exact) mass is 255 g/mol. The Morgan fingerprint density at radius 3 is 2.72 bits per heavy atom. The Balaban J connectivity index is 2.73. The van der Waals surface area contributed by atoms with Crippen LogP contribution in [0, 0.1) is 5.82 Å². The van der Waals surface area contributed by atoms with Crippen LogP contribution in [-0.4, -0.2) is 49.3 Å². The van der Waals surface area contributed by atoms with Crippen LogP contribution in [0.5, 0.6) is 0 Å². The van der Waals surface area contributed by atoms with Gasteiger partial charge in [0.1, 0.15) is 5.82 Å². The van der Waals surface area contributed by atoms with Gasteiger partial charge in [0.2, 0.25) is 0 Å². The number of amides is 1. The van der Waals surface area contributed by atoms with E-state index in [2.05, 4.69) is 0 Å². The maximum atomic E-state index is 13.5. The molecule has 0 radical (unpaired) electrons. The summed E-state index contributed by atoms with van der Waals surface area (Å²) in [6.45, 7) is 0.998. The first kappa shape index (κ1) is 14.6. The van der Waals surface area contributed by atoms with E-state index >= 15 is 0 Å². The molecule has 0 bridgehead atoms. The molecule has 1 N–H and O–H groups in total. The van der Waals surface area contributed by atoms with Crippen molar-refractivity contribution in [2.24, 2.45) is 0 Å². The number of aliphatic hydroxyl groups excluding tert-OH is 1. The predicted octanol–water partition coefficient (Wildman–Crippen LogP) is 1.30. The first-order valence-corrected chi connectivity index (χ1v) is 5.84. The van der Waals surface area contributed by atoms with Gasteiger partial charge in [0, 0.05) is 26.8 Å². The van der Waals surface area contributed by atoms with Gasteiger partial charge in [-0.05, 0) is 18.6 Å². The van der Waals surface area contributed by atoms with Crippen LogP contribution in [0.25, 0.3) is 0 Å². The topological polar surface area (TPSA) is 49.8 Å². The second kappa shape index (κ2) is 7.79. The van der Waals surface area contributed by atoms with E-state index < -0.39 is 11.7 Å². The van der Waals surface area contributed by atoms with Crippen LogP contribution in [0.1, 0.15) is 16.8 Å². The lowest BCUT2D eigenvalue weighted by molar-refractivity contribution is 0.0697. The van der Waals surface area contributed by atoms with Gasteiger partial charge in [0.25, 0.3) is 5.91 Å². The summed E-state index contributed by atoms with van der Waals surface area (Å²) in [6, 6.07) is 5.84. The van der Waals surface area contributed by atoms with Gasteiger partial charge in [-0.3, -0.25) is 4.79 Å². The molecular formula is C13H18FNO3. The zero-order chi connectivity index (χ0) is 13.4. The Labute approximate surface area is 106 Å². The van der Waals surface area contributed by atoms with Crippen molar-refractivity contribution in [3.8, 4) is 0 Å². The van der Waals surface area contributed by atoms with E-state index in [4.69, 9.17) is 9.84 Å². The summed E-state index contributed by atoms with van der Waals surface area (Å²) < 4.78 is 18.4. The van der Waals surface area contributed by atoms with Crippen molar-refractivity contribution in [1.29, 1.82) is 0 Å². The Kier molecular flexibility index (Phi) is 6.32. The molecule has 0 saturated carbocycles. The molecule has 0 aliphatic heterocycles. The molecule has 0 aromatic heterocycles. The van der Waals surface area contributed by atoms with Crippen LogP contribution >= 0.6 is 0 Å². The molecule has 1 rings (SSSR count). The van der Waals surface area contributed by atoms with E-state index in [1.54, 1.807) is 13.2 Å². The van der Waals surface area contributed by atoms with E-state index in [9.17, 15) is 9.18 Å². The van der Waals surface area contributed by atoms with Gasteiger partial charge in [-0.15, -0.1) is 0 Å². The van der Waals surface area contributed by atoms with Gasteiger partial charge < -0.3 is 14.7 Å². The fourth-order valence-electron chi connectivity index (χ4n) is 1.64. The van der Waals surface area contributed by atoms with Crippen LogP contribution in [0.3, 0.4) is 0 Å². The van der Waals surface area contributed by atoms with Gasteiger partial charge in [0.05, 0.1) is 12.2 Å². The molecule has 0 spiro atoms. The van der Waals surface area contributed by atoms with Gasteiger partial charge in [-0.1, -0.05) is 12.1 Å². The predicted molar refractivity (Wildman–Crippen MR) is 65.9 cm³/mol.